The molecule has 0 amide bonds. The zero-order chi connectivity index (χ0) is 24.4. The van der Waals surface area contributed by atoms with E-state index in [-0.39, 0.29) is 17.3 Å². The minimum absolute atomic E-state index is 0.108. The number of aromatic nitrogens is 3. The molecule has 0 radical (unpaired) electrons. The number of H-pyrrole nitrogens is 1. The number of ether oxygens (including phenoxy) is 1. The summed E-state index contributed by atoms with van der Waals surface area (Å²) < 4.78 is 20.4. The molecule has 2 aromatic heterocycles. The predicted molar refractivity (Wildman–Crippen MR) is 128 cm³/mol. The van der Waals surface area contributed by atoms with E-state index in [0.29, 0.717) is 33.2 Å². The fourth-order valence-corrected chi connectivity index (χ4v) is 4.92. The Bertz CT molecular complexity index is 1530. The number of thioether (sulfide) groups is 1. The molecular formula is C26H17FN6OS. The van der Waals surface area contributed by atoms with Crippen molar-refractivity contribution in [3.05, 3.63) is 106 Å². The maximum atomic E-state index is 14.8. The number of pyridine rings is 1. The van der Waals surface area contributed by atoms with Crippen LogP contribution in [0.5, 0.6) is 5.88 Å². The topological polar surface area (TPSA) is 124 Å². The maximum Gasteiger partial charge on any atom is 0.244 e. The molecule has 0 bridgehead atoms. The first-order chi connectivity index (χ1) is 17.1. The van der Waals surface area contributed by atoms with Gasteiger partial charge in [0.2, 0.25) is 11.8 Å². The Hall–Kier alpha value is -4.60. The number of aromatic amines is 1. The number of fused-ring (bicyclic) bond motifs is 1. The Morgan fingerprint density at radius 3 is 2.54 bits per heavy atom. The summed E-state index contributed by atoms with van der Waals surface area (Å²) in [4.78, 5) is 4.69. The van der Waals surface area contributed by atoms with Crippen molar-refractivity contribution in [3.8, 4) is 29.3 Å². The number of nitrogens with one attached hydrogen (secondary N) is 1. The molecule has 1 atom stereocenters. The molecule has 1 aliphatic rings. The van der Waals surface area contributed by atoms with Gasteiger partial charge in [-0.2, -0.15) is 10.5 Å². The van der Waals surface area contributed by atoms with Crippen molar-refractivity contribution < 1.29 is 9.13 Å². The van der Waals surface area contributed by atoms with Crippen LogP contribution in [0.25, 0.3) is 11.3 Å². The molecule has 5 rings (SSSR count). The van der Waals surface area contributed by atoms with Crippen LogP contribution in [0.4, 0.5) is 4.39 Å². The van der Waals surface area contributed by atoms with Crippen LogP contribution in [0.1, 0.15) is 28.3 Å². The van der Waals surface area contributed by atoms with Gasteiger partial charge in [-0.25, -0.2) is 9.37 Å². The summed E-state index contributed by atoms with van der Waals surface area (Å²) in [5.74, 6) is -0.831. The van der Waals surface area contributed by atoms with Crippen LogP contribution in [0.15, 0.2) is 83.2 Å². The molecule has 0 spiro atoms. The largest absolute Gasteiger partial charge is 0.420 e. The smallest absolute Gasteiger partial charge is 0.244 e. The van der Waals surface area contributed by atoms with Gasteiger partial charge in [-0.05, 0) is 18.2 Å². The number of hydrogen-bond acceptors (Lipinski definition) is 7. The first kappa shape index (κ1) is 22.2. The fourth-order valence-electron chi connectivity index (χ4n) is 3.98. The first-order valence-corrected chi connectivity index (χ1v) is 11.6. The molecule has 0 fully saturated rings. The van der Waals surface area contributed by atoms with Crippen molar-refractivity contribution in [3.63, 3.8) is 0 Å². The molecule has 35 heavy (non-hydrogen) atoms. The predicted octanol–water partition coefficient (Wildman–Crippen LogP) is 4.99. The normalized spacial score (nSPS) is 14.5. The standard InChI is InChI=1S/C26H17FN6OS/c27-19-9-5-4-8-17(19)22-18(13-29)24(30)34-25-23(22)21(32-33-25)14-35-26-16(12-28)10-11-20(31-26)15-6-2-1-3-7-15/h1-11,22H,14,30H2,(H,32,33). The number of halogens is 1. The Kier molecular flexibility index (Phi) is 5.92. The van der Waals surface area contributed by atoms with Crippen molar-refractivity contribution in [1.29, 1.82) is 10.5 Å². The van der Waals surface area contributed by atoms with E-state index in [4.69, 9.17) is 15.5 Å². The number of hydrogen-bond donors (Lipinski definition) is 2. The zero-order valence-electron chi connectivity index (χ0n) is 18.2. The van der Waals surface area contributed by atoms with Crippen molar-refractivity contribution in [2.24, 2.45) is 5.73 Å². The first-order valence-electron chi connectivity index (χ1n) is 10.6. The lowest BCUT2D eigenvalue weighted by Gasteiger charge is -2.24. The van der Waals surface area contributed by atoms with E-state index in [1.54, 1.807) is 24.3 Å². The summed E-state index contributed by atoms with van der Waals surface area (Å²) in [6.45, 7) is 0. The molecule has 1 aliphatic heterocycles. The molecule has 170 valence electrons. The van der Waals surface area contributed by atoms with Gasteiger partial charge < -0.3 is 10.5 Å². The summed E-state index contributed by atoms with van der Waals surface area (Å²) >= 11 is 1.34. The zero-order valence-corrected chi connectivity index (χ0v) is 19.0. The van der Waals surface area contributed by atoms with Gasteiger partial charge in [0.1, 0.15) is 28.6 Å². The van der Waals surface area contributed by atoms with Crippen molar-refractivity contribution >= 4 is 11.8 Å². The van der Waals surface area contributed by atoms with E-state index in [0.717, 1.165) is 11.3 Å². The van der Waals surface area contributed by atoms with Crippen LogP contribution in [-0.4, -0.2) is 15.2 Å². The van der Waals surface area contributed by atoms with E-state index in [9.17, 15) is 14.9 Å². The van der Waals surface area contributed by atoms with E-state index in [1.807, 2.05) is 36.4 Å². The Morgan fingerprint density at radius 1 is 1.03 bits per heavy atom. The summed E-state index contributed by atoms with van der Waals surface area (Å²) in [5, 5.41) is 27.1. The van der Waals surface area contributed by atoms with Crippen molar-refractivity contribution in [2.75, 3.05) is 0 Å². The highest BCUT2D eigenvalue weighted by atomic mass is 32.2. The summed E-state index contributed by atoms with van der Waals surface area (Å²) in [7, 11) is 0. The highest BCUT2D eigenvalue weighted by molar-refractivity contribution is 7.98. The minimum Gasteiger partial charge on any atom is -0.420 e. The van der Waals surface area contributed by atoms with Crippen molar-refractivity contribution in [2.45, 2.75) is 16.7 Å². The third-order valence-electron chi connectivity index (χ3n) is 5.64. The highest BCUT2D eigenvalue weighted by Crippen LogP contribution is 2.44. The lowest BCUT2D eigenvalue weighted by atomic mass is 9.84. The quantitative estimate of drug-likeness (QED) is 0.385. The average Bonchev–Trinajstić information content (AvgIpc) is 3.29. The van der Waals surface area contributed by atoms with Gasteiger partial charge in [0.15, 0.2) is 0 Å². The fraction of sp³-hybridized carbons (Fsp3) is 0.0769. The number of allylic oxidation sites excluding steroid dienone is 1. The van der Waals surface area contributed by atoms with Gasteiger partial charge >= 0.3 is 0 Å². The van der Waals surface area contributed by atoms with Crippen LogP contribution >= 0.6 is 11.8 Å². The van der Waals surface area contributed by atoms with E-state index >= 15 is 0 Å². The molecule has 1 unspecified atom stereocenters. The Morgan fingerprint density at radius 2 is 1.80 bits per heavy atom. The minimum atomic E-state index is -0.779. The van der Waals surface area contributed by atoms with Gasteiger partial charge in [-0.15, -0.1) is 5.10 Å². The molecule has 0 saturated carbocycles. The molecule has 9 heteroatoms. The average molecular weight is 481 g/mol. The molecular weight excluding hydrogens is 463 g/mol. The third-order valence-corrected chi connectivity index (χ3v) is 6.66. The van der Waals surface area contributed by atoms with E-state index in [2.05, 4.69) is 22.3 Å². The second-order valence-corrected chi connectivity index (χ2v) is 8.65. The number of rotatable bonds is 5. The molecule has 3 heterocycles. The van der Waals surface area contributed by atoms with Gasteiger partial charge in [-0.3, -0.25) is 5.10 Å². The van der Waals surface area contributed by atoms with E-state index in [1.165, 1.54) is 17.8 Å². The Labute approximate surface area is 204 Å². The second kappa shape index (κ2) is 9.34. The SMILES string of the molecule is N#CC1=C(N)Oc2n[nH]c(CSc3nc(-c4ccccc4)ccc3C#N)c2C1c1ccccc1F. The summed E-state index contributed by atoms with van der Waals surface area (Å²) in [6, 6.07) is 23.7. The van der Waals surface area contributed by atoms with E-state index < -0.39 is 11.7 Å². The lowest BCUT2D eigenvalue weighted by Crippen LogP contribution is -2.21. The molecule has 2 aromatic carbocycles. The van der Waals surface area contributed by atoms with Gasteiger partial charge in [0.25, 0.3) is 0 Å². The molecule has 7 nitrogen and oxygen atoms in total. The number of nitrogens with two attached hydrogens (primary N) is 1. The highest BCUT2D eigenvalue weighted by Gasteiger charge is 2.36. The number of benzene rings is 2. The molecule has 0 aliphatic carbocycles. The summed E-state index contributed by atoms with van der Waals surface area (Å²) in [5.41, 5.74) is 9.65. The molecule has 3 N–H and O–H groups in total. The van der Waals surface area contributed by atoms with Gasteiger partial charge in [0, 0.05) is 16.9 Å². The van der Waals surface area contributed by atoms with Crippen LogP contribution in [0.2, 0.25) is 0 Å². The second-order valence-electron chi connectivity index (χ2n) is 7.68. The van der Waals surface area contributed by atoms with Crippen LogP contribution in [-0.2, 0) is 5.75 Å². The summed E-state index contributed by atoms with van der Waals surface area (Å²) in [6.07, 6.45) is 0. The third kappa shape index (κ3) is 4.10. The van der Waals surface area contributed by atoms with Gasteiger partial charge in [-0.1, -0.05) is 60.3 Å². The van der Waals surface area contributed by atoms with Crippen LogP contribution in [0.3, 0.4) is 0 Å². The Balaban J connectivity index is 1.52. The van der Waals surface area contributed by atoms with Crippen molar-refractivity contribution in [1.82, 2.24) is 15.2 Å². The number of nitriles is 2. The maximum absolute atomic E-state index is 14.8. The van der Waals surface area contributed by atoms with Gasteiger partial charge in [0.05, 0.1) is 28.4 Å². The monoisotopic (exact) mass is 480 g/mol. The molecule has 4 aromatic rings. The van der Waals surface area contributed by atoms with Crippen LogP contribution in [0, 0.1) is 28.5 Å². The molecule has 0 saturated heterocycles. The number of nitrogens with zero attached hydrogens (tertiary/aromatic N) is 4. The lowest BCUT2D eigenvalue weighted by molar-refractivity contribution is 0.378. The van der Waals surface area contributed by atoms with Crippen LogP contribution < -0.4 is 10.5 Å².